The Hall–Kier alpha value is -0.970. The lowest BCUT2D eigenvalue weighted by Crippen LogP contribution is -2.41. The number of nitrogens with zero attached hydrogens (tertiary/aromatic N) is 3. The van der Waals surface area contributed by atoms with Crippen molar-refractivity contribution in [2.45, 2.75) is 32.0 Å². The Labute approximate surface area is 82.5 Å². The fourth-order valence-electron chi connectivity index (χ4n) is 1.93. The average Bonchev–Trinajstić information content (AvgIpc) is 2.67. The summed E-state index contributed by atoms with van der Waals surface area (Å²) in [4.78, 5) is 0. The number of aryl methyl sites for hydroxylation is 1. The second-order valence-electron chi connectivity index (χ2n) is 3.68. The molecule has 1 aromatic heterocycles. The van der Waals surface area contributed by atoms with Gasteiger partial charge in [0.05, 0.1) is 11.9 Å². The van der Waals surface area contributed by atoms with Gasteiger partial charge in [-0.25, -0.2) is 9.07 Å². The van der Waals surface area contributed by atoms with E-state index in [1.165, 1.54) is 6.20 Å². The van der Waals surface area contributed by atoms with Crippen molar-refractivity contribution in [3.05, 3.63) is 11.9 Å². The molecule has 1 aromatic rings. The molecule has 0 bridgehead atoms. The van der Waals surface area contributed by atoms with E-state index in [0.29, 0.717) is 25.2 Å². The lowest BCUT2D eigenvalue weighted by Gasteiger charge is -2.29. The summed E-state index contributed by atoms with van der Waals surface area (Å²) in [7, 11) is 0. The standard InChI is InChI=1S/C9H15FN4/c1-2-14-8(6-12-13-14)9(10)4-3-5-11-7-9/h6,11H,2-5,7H2,1H3. The molecule has 1 aliphatic rings. The lowest BCUT2D eigenvalue weighted by atomic mass is 9.93. The molecule has 1 atom stereocenters. The molecule has 4 nitrogen and oxygen atoms in total. The highest BCUT2D eigenvalue weighted by Crippen LogP contribution is 2.31. The summed E-state index contributed by atoms with van der Waals surface area (Å²) >= 11 is 0. The minimum Gasteiger partial charge on any atom is -0.313 e. The van der Waals surface area contributed by atoms with Gasteiger partial charge in [0, 0.05) is 13.1 Å². The molecule has 2 rings (SSSR count). The third-order valence-corrected chi connectivity index (χ3v) is 2.71. The van der Waals surface area contributed by atoms with Crippen molar-refractivity contribution in [3.63, 3.8) is 0 Å². The zero-order valence-corrected chi connectivity index (χ0v) is 8.33. The van der Waals surface area contributed by atoms with Gasteiger partial charge in [0.2, 0.25) is 0 Å². The third kappa shape index (κ3) is 1.52. The highest BCUT2D eigenvalue weighted by atomic mass is 19.1. The molecule has 1 unspecified atom stereocenters. The first-order valence-electron chi connectivity index (χ1n) is 5.05. The first kappa shape index (κ1) is 9.58. The van der Waals surface area contributed by atoms with Crippen molar-refractivity contribution in [1.82, 2.24) is 20.3 Å². The number of piperidine rings is 1. The van der Waals surface area contributed by atoms with Gasteiger partial charge in [-0.05, 0) is 26.3 Å². The van der Waals surface area contributed by atoms with Crippen molar-refractivity contribution in [1.29, 1.82) is 0 Å². The summed E-state index contributed by atoms with van der Waals surface area (Å²) in [5.74, 6) is 0. The van der Waals surface area contributed by atoms with Crippen LogP contribution in [0, 0.1) is 0 Å². The van der Waals surface area contributed by atoms with Crippen LogP contribution in [0.1, 0.15) is 25.5 Å². The molecular formula is C9H15FN4. The van der Waals surface area contributed by atoms with Gasteiger partial charge in [-0.3, -0.25) is 0 Å². The number of hydrogen-bond donors (Lipinski definition) is 1. The van der Waals surface area contributed by atoms with E-state index >= 15 is 0 Å². The molecule has 1 aliphatic heterocycles. The molecule has 0 amide bonds. The summed E-state index contributed by atoms with van der Waals surface area (Å²) in [6.07, 6.45) is 2.97. The number of nitrogens with one attached hydrogen (secondary N) is 1. The van der Waals surface area contributed by atoms with E-state index in [-0.39, 0.29) is 0 Å². The van der Waals surface area contributed by atoms with Crippen LogP contribution in [0.3, 0.4) is 0 Å². The molecule has 78 valence electrons. The highest BCUT2D eigenvalue weighted by molar-refractivity contribution is 5.10. The third-order valence-electron chi connectivity index (χ3n) is 2.71. The van der Waals surface area contributed by atoms with Crippen LogP contribution in [0.25, 0.3) is 0 Å². The summed E-state index contributed by atoms with van der Waals surface area (Å²) in [6.45, 7) is 3.89. The molecule has 0 radical (unpaired) electrons. The highest BCUT2D eigenvalue weighted by Gasteiger charge is 2.36. The maximum Gasteiger partial charge on any atom is 0.166 e. The van der Waals surface area contributed by atoms with Crippen molar-refractivity contribution in [2.75, 3.05) is 13.1 Å². The van der Waals surface area contributed by atoms with Gasteiger partial charge < -0.3 is 5.32 Å². The Balaban J connectivity index is 2.27. The second-order valence-corrected chi connectivity index (χ2v) is 3.68. The van der Waals surface area contributed by atoms with Crippen LogP contribution in [0.4, 0.5) is 4.39 Å². The fourth-order valence-corrected chi connectivity index (χ4v) is 1.93. The Morgan fingerprint density at radius 1 is 1.71 bits per heavy atom. The molecule has 0 aliphatic carbocycles. The van der Waals surface area contributed by atoms with E-state index in [4.69, 9.17) is 0 Å². The second kappa shape index (κ2) is 3.65. The predicted molar refractivity (Wildman–Crippen MR) is 50.6 cm³/mol. The van der Waals surface area contributed by atoms with Crippen LogP contribution in [-0.2, 0) is 12.2 Å². The Morgan fingerprint density at radius 2 is 2.57 bits per heavy atom. The summed E-state index contributed by atoms with van der Waals surface area (Å²) in [6, 6.07) is 0. The molecular weight excluding hydrogens is 183 g/mol. The van der Waals surface area contributed by atoms with Crippen LogP contribution >= 0.6 is 0 Å². The van der Waals surface area contributed by atoms with Crippen LogP contribution < -0.4 is 5.32 Å². The number of halogens is 1. The van der Waals surface area contributed by atoms with Gasteiger partial charge in [-0.2, -0.15) is 0 Å². The molecule has 0 aromatic carbocycles. The quantitative estimate of drug-likeness (QED) is 0.766. The maximum atomic E-state index is 14.4. The van der Waals surface area contributed by atoms with Crippen LogP contribution in [0.2, 0.25) is 0 Å². The van der Waals surface area contributed by atoms with Crippen LogP contribution in [0.5, 0.6) is 0 Å². The van der Waals surface area contributed by atoms with Crippen LogP contribution in [0.15, 0.2) is 6.20 Å². The van der Waals surface area contributed by atoms with Crippen LogP contribution in [-0.4, -0.2) is 28.1 Å². The van der Waals surface area contributed by atoms with Crippen molar-refractivity contribution in [3.8, 4) is 0 Å². The van der Waals surface area contributed by atoms with Gasteiger partial charge >= 0.3 is 0 Å². The normalized spacial score (nSPS) is 27.9. The van der Waals surface area contributed by atoms with E-state index < -0.39 is 5.67 Å². The summed E-state index contributed by atoms with van der Waals surface area (Å²) in [5.41, 5.74) is -0.676. The molecule has 14 heavy (non-hydrogen) atoms. The zero-order valence-electron chi connectivity index (χ0n) is 8.33. The number of hydrogen-bond acceptors (Lipinski definition) is 3. The molecule has 0 spiro atoms. The van der Waals surface area contributed by atoms with Crippen molar-refractivity contribution < 1.29 is 4.39 Å². The van der Waals surface area contributed by atoms with Gasteiger partial charge in [-0.1, -0.05) is 5.21 Å². The number of alkyl halides is 1. The van der Waals surface area contributed by atoms with Crippen molar-refractivity contribution >= 4 is 0 Å². The first-order valence-corrected chi connectivity index (χ1v) is 5.05. The Kier molecular flexibility index (Phi) is 2.50. The number of rotatable bonds is 2. The van der Waals surface area contributed by atoms with E-state index in [2.05, 4.69) is 15.6 Å². The average molecular weight is 198 g/mol. The fraction of sp³-hybridized carbons (Fsp3) is 0.778. The first-order chi connectivity index (χ1) is 6.76. The SMILES string of the molecule is CCn1nncc1C1(F)CCCNC1. The van der Waals surface area contributed by atoms with Gasteiger partial charge in [0.25, 0.3) is 0 Å². The Bertz CT molecular complexity index is 304. The maximum absolute atomic E-state index is 14.4. The van der Waals surface area contributed by atoms with E-state index in [1.54, 1.807) is 4.68 Å². The molecule has 2 heterocycles. The van der Waals surface area contributed by atoms with Gasteiger partial charge in [-0.15, -0.1) is 5.10 Å². The monoisotopic (exact) mass is 198 g/mol. The minimum absolute atomic E-state index is 0.375. The van der Waals surface area contributed by atoms with Gasteiger partial charge in [0.15, 0.2) is 5.67 Å². The predicted octanol–water partition coefficient (Wildman–Crippen LogP) is 0.846. The molecule has 1 N–H and O–H groups in total. The Morgan fingerprint density at radius 3 is 3.21 bits per heavy atom. The lowest BCUT2D eigenvalue weighted by molar-refractivity contribution is 0.110. The molecule has 5 heteroatoms. The largest absolute Gasteiger partial charge is 0.313 e. The topological polar surface area (TPSA) is 42.7 Å². The molecule has 1 fully saturated rings. The summed E-state index contributed by atoms with van der Waals surface area (Å²) in [5, 5.41) is 10.7. The van der Waals surface area contributed by atoms with E-state index in [9.17, 15) is 4.39 Å². The van der Waals surface area contributed by atoms with E-state index in [0.717, 1.165) is 13.0 Å². The van der Waals surface area contributed by atoms with Gasteiger partial charge in [0.1, 0.15) is 0 Å². The molecule has 0 saturated carbocycles. The minimum atomic E-state index is -1.28. The number of aromatic nitrogens is 3. The summed E-state index contributed by atoms with van der Waals surface area (Å²) < 4.78 is 16.1. The van der Waals surface area contributed by atoms with E-state index in [1.807, 2.05) is 6.92 Å². The molecule has 1 saturated heterocycles. The van der Waals surface area contributed by atoms with Crippen molar-refractivity contribution in [2.24, 2.45) is 0 Å². The smallest absolute Gasteiger partial charge is 0.166 e. The zero-order chi connectivity index (χ0) is 10.0.